The standard InChI is InChI=1S/C22H20ClN3O3/c1-22(2,29-21(24)27)12-16-15-9-8-14(13-6-4-3-5-7-13)18(16)19(15)28-17-10-11-25-20(23)26-17/h3-11,16H,12H2,1-2H3,(H2,24,27). The number of carbonyl (C=O) groups is 1. The van der Waals surface area contributed by atoms with Gasteiger partial charge >= 0.3 is 6.09 Å². The second kappa shape index (κ2) is 7.37. The molecule has 0 spiro atoms. The Bertz CT molecular complexity index is 1060. The van der Waals surface area contributed by atoms with Crippen molar-refractivity contribution in [2.75, 3.05) is 0 Å². The summed E-state index contributed by atoms with van der Waals surface area (Å²) in [6, 6.07) is 11.7. The van der Waals surface area contributed by atoms with E-state index in [4.69, 9.17) is 26.8 Å². The summed E-state index contributed by atoms with van der Waals surface area (Å²) in [4.78, 5) is 19.3. The summed E-state index contributed by atoms with van der Waals surface area (Å²) in [5, 5.41) is 0.123. The predicted molar refractivity (Wildman–Crippen MR) is 110 cm³/mol. The number of primary amides is 1. The summed E-state index contributed by atoms with van der Waals surface area (Å²) in [6.45, 7) is 3.70. The molecule has 1 heterocycles. The van der Waals surface area contributed by atoms with E-state index < -0.39 is 11.7 Å². The second-order valence-corrected chi connectivity index (χ2v) is 7.85. The fourth-order valence-electron chi connectivity index (χ4n) is 3.80. The number of halogens is 1. The van der Waals surface area contributed by atoms with E-state index >= 15 is 0 Å². The molecule has 1 atom stereocenters. The van der Waals surface area contributed by atoms with Crippen LogP contribution < -0.4 is 10.5 Å². The van der Waals surface area contributed by atoms with Crippen molar-refractivity contribution < 1.29 is 14.3 Å². The molecule has 2 aromatic rings. The van der Waals surface area contributed by atoms with Crippen LogP contribution in [0.25, 0.3) is 5.57 Å². The van der Waals surface area contributed by atoms with E-state index in [-0.39, 0.29) is 11.2 Å². The summed E-state index contributed by atoms with van der Waals surface area (Å²) in [6.07, 6.45) is 5.47. The summed E-state index contributed by atoms with van der Waals surface area (Å²) in [5.41, 5.74) is 8.74. The molecular weight excluding hydrogens is 390 g/mol. The third kappa shape index (κ3) is 3.89. The number of benzene rings is 1. The molecule has 1 unspecified atom stereocenters. The van der Waals surface area contributed by atoms with Gasteiger partial charge < -0.3 is 15.2 Å². The number of hydrogen-bond acceptors (Lipinski definition) is 5. The number of amides is 1. The number of ether oxygens (including phenoxy) is 2. The summed E-state index contributed by atoms with van der Waals surface area (Å²) < 4.78 is 11.4. The molecule has 1 aromatic carbocycles. The van der Waals surface area contributed by atoms with E-state index in [1.807, 2.05) is 38.1 Å². The number of allylic oxidation sites excluding steroid dienone is 5. The summed E-state index contributed by atoms with van der Waals surface area (Å²) in [5.74, 6) is 1.18. The van der Waals surface area contributed by atoms with Gasteiger partial charge in [0.1, 0.15) is 11.4 Å². The van der Waals surface area contributed by atoms with Crippen molar-refractivity contribution in [1.29, 1.82) is 0 Å². The molecule has 0 saturated carbocycles. The van der Waals surface area contributed by atoms with Gasteiger partial charge in [0.05, 0.1) is 0 Å². The predicted octanol–water partition coefficient (Wildman–Crippen LogP) is 4.68. The quantitative estimate of drug-likeness (QED) is 0.700. The first kappa shape index (κ1) is 19.2. The van der Waals surface area contributed by atoms with Gasteiger partial charge in [-0.1, -0.05) is 42.5 Å². The highest BCUT2D eigenvalue weighted by molar-refractivity contribution is 6.28. The molecule has 0 fully saturated rings. The highest BCUT2D eigenvalue weighted by Crippen LogP contribution is 2.53. The van der Waals surface area contributed by atoms with Crippen molar-refractivity contribution in [1.82, 2.24) is 9.97 Å². The molecule has 2 aliphatic carbocycles. The van der Waals surface area contributed by atoms with Crippen LogP contribution in [0.5, 0.6) is 5.88 Å². The number of aromatic nitrogens is 2. The zero-order chi connectivity index (χ0) is 20.6. The van der Waals surface area contributed by atoms with Gasteiger partial charge in [0.15, 0.2) is 0 Å². The highest BCUT2D eigenvalue weighted by Gasteiger charge is 2.44. The minimum absolute atomic E-state index is 0.0527. The van der Waals surface area contributed by atoms with E-state index in [1.54, 1.807) is 12.3 Å². The number of rotatable bonds is 6. The monoisotopic (exact) mass is 409 g/mol. The van der Waals surface area contributed by atoms with Crippen LogP contribution in [-0.4, -0.2) is 21.7 Å². The topological polar surface area (TPSA) is 87.3 Å². The Morgan fingerprint density at radius 1 is 1.21 bits per heavy atom. The average Bonchev–Trinajstić information content (AvgIpc) is 2.67. The first-order chi connectivity index (χ1) is 13.8. The molecule has 6 nitrogen and oxygen atoms in total. The molecular formula is C22H20ClN3O3. The molecule has 0 radical (unpaired) electrons. The first-order valence-corrected chi connectivity index (χ1v) is 9.59. The van der Waals surface area contributed by atoms with Gasteiger partial charge in [0.2, 0.25) is 11.2 Å². The van der Waals surface area contributed by atoms with Gasteiger partial charge in [-0.2, -0.15) is 4.98 Å². The number of hydrogen-bond donors (Lipinski definition) is 1. The third-order valence-corrected chi connectivity index (χ3v) is 5.10. The molecule has 2 aliphatic rings. The molecule has 2 bridgehead atoms. The lowest BCUT2D eigenvalue weighted by molar-refractivity contribution is 0.0312. The minimum atomic E-state index is -0.784. The Morgan fingerprint density at radius 2 is 1.97 bits per heavy atom. The summed E-state index contributed by atoms with van der Waals surface area (Å²) in [7, 11) is 0. The maximum Gasteiger partial charge on any atom is 0.405 e. The second-order valence-electron chi connectivity index (χ2n) is 7.51. The lowest BCUT2D eigenvalue weighted by atomic mass is 9.65. The van der Waals surface area contributed by atoms with Crippen LogP contribution in [0.1, 0.15) is 25.8 Å². The summed E-state index contributed by atoms with van der Waals surface area (Å²) >= 11 is 5.89. The van der Waals surface area contributed by atoms with Crippen LogP contribution in [0.2, 0.25) is 5.28 Å². The molecule has 0 saturated heterocycles. The smallest absolute Gasteiger partial charge is 0.405 e. The fraction of sp³-hybridized carbons (Fsp3) is 0.227. The molecule has 7 heteroatoms. The van der Waals surface area contributed by atoms with Crippen LogP contribution in [-0.2, 0) is 4.74 Å². The number of carbonyl (C=O) groups excluding carboxylic acids is 1. The molecule has 1 aromatic heterocycles. The van der Waals surface area contributed by atoms with Crippen molar-refractivity contribution in [3.63, 3.8) is 0 Å². The molecule has 0 aliphatic heterocycles. The zero-order valence-electron chi connectivity index (χ0n) is 16.1. The van der Waals surface area contributed by atoms with Crippen molar-refractivity contribution >= 4 is 23.3 Å². The molecule has 2 N–H and O–H groups in total. The van der Waals surface area contributed by atoms with E-state index in [1.165, 1.54) is 0 Å². The SMILES string of the molecule is CC(C)(CC1c2ccc(-c3ccccc3)c1c2Oc1ccnc(Cl)n1)OC(N)=O. The molecule has 1 amide bonds. The first-order valence-electron chi connectivity index (χ1n) is 9.21. The zero-order valence-corrected chi connectivity index (χ0v) is 16.8. The maximum atomic E-state index is 11.3. The van der Waals surface area contributed by atoms with E-state index in [0.29, 0.717) is 12.3 Å². The van der Waals surface area contributed by atoms with Crippen LogP contribution in [0.15, 0.2) is 71.7 Å². The van der Waals surface area contributed by atoms with Crippen LogP contribution in [0.4, 0.5) is 4.79 Å². The largest absolute Gasteiger partial charge is 0.444 e. The normalized spacial score (nSPS) is 17.8. The Balaban J connectivity index is 1.70. The maximum absolute atomic E-state index is 11.3. The lowest BCUT2D eigenvalue weighted by Crippen LogP contribution is -2.38. The van der Waals surface area contributed by atoms with Gasteiger partial charge in [-0.15, -0.1) is 0 Å². The van der Waals surface area contributed by atoms with Crippen LogP contribution in [0.3, 0.4) is 0 Å². The van der Waals surface area contributed by atoms with E-state index in [2.05, 4.69) is 28.2 Å². The van der Waals surface area contributed by atoms with Crippen LogP contribution in [0, 0.1) is 5.92 Å². The lowest BCUT2D eigenvalue weighted by Gasteiger charge is -2.42. The van der Waals surface area contributed by atoms with Crippen molar-refractivity contribution in [2.45, 2.75) is 25.9 Å². The average molecular weight is 410 g/mol. The number of fused-ring (bicyclic) bond motifs is 2. The van der Waals surface area contributed by atoms with Gasteiger partial charge in [0.25, 0.3) is 0 Å². The third-order valence-electron chi connectivity index (χ3n) is 4.92. The Kier molecular flexibility index (Phi) is 4.88. The van der Waals surface area contributed by atoms with Gasteiger partial charge in [-0.05, 0) is 43.0 Å². The number of nitrogens with zero attached hydrogens (tertiary/aromatic N) is 2. The molecule has 4 rings (SSSR count). The molecule has 148 valence electrons. The van der Waals surface area contributed by atoms with E-state index in [9.17, 15) is 4.79 Å². The highest BCUT2D eigenvalue weighted by atomic mass is 35.5. The van der Waals surface area contributed by atoms with Crippen molar-refractivity contribution in [3.05, 3.63) is 82.5 Å². The minimum Gasteiger partial charge on any atom is -0.444 e. The Hall–Kier alpha value is -3.12. The van der Waals surface area contributed by atoms with Gasteiger partial charge in [-0.3, -0.25) is 0 Å². The van der Waals surface area contributed by atoms with Gasteiger partial charge in [-0.25, -0.2) is 9.78 Å². The van der Waals surface area contributed by atoms with Crippen molar-refractivity contribution in [3.8, 4) is 5.88 Å². The van der Waals surface area contributed by atoms with Gasteiger partial charge in [0, 0.05) is 29.3 Å². The Morgan fingerprint density at radius 3 is 2.66 bits per heavy atom. The van der Waals surface area contributed by atoms with E-state index in [0.717, 1.165) is 28.0 Å². The fourth-order valence-corrected chi connectivity index (χ4v) is 3.94. The molecule has 29 heavy (non-hydrogen) atoms. The van der Waals surface area contributed by atoms with Crippen LogP contribution >= 0.6 is 11.6 Å². The number of nitrogens with two attached hydrogens (primary N) is 1. The van der Waals surface area contributed by atoms with Crippen molar-refractivity contribution in [2.24, 2.45) is 11.7 Å². The Labute approximate surface area is 173 Å².